The standard InChI is InChI=1S/C14H16Cl2N4O/c1-7(2)12-18-13(20-17)8(3)14(19-12)21-11-6-9(15)4-5-10(11)16/h4-7H,17H2,1-3H3,(H,18,19,20). The molecule has 2 rings (SSSR count). The van der Waals surface area contributed by atoms with Gasteiger partial charge in [0.25, 0.3) is 0 Å². The Bertz CT molecular complexity index is 662. The van der Waals surface area contributed by atoms with Crippen LogP contribution < -0.4 is 16.0 Å². The predicted octanol–water partition coefficient (Wildman–Crippen LogP) is 4.29. The van der Waals surface area contributed by atoms with Crippen LogP contribution >= 0.6 is 23.2 Å². The van der Waals surface area contributed by atoms with Gasteiger partial charge in [0.05, 0.1) is 10.6 Å². The Morgan fingerprint density at radius 2 is 1.95 bits per heavy atom. The Kier molecular flexibility index (Phi) is 4.88. The van der Waals surface area contributed by atoms with Crippen LogP contribution in [-0.2, 0) is 0 Å². The number of hydrazine groups is 1. The Labute approximate surface area is 133 Å². The van der Waals surface area contributed by atoms with Crippen molar-refractivity contribution >= 4 is 29.0 Å². The Hall–Kier alpha value is -1.56. The quantitative estimate of drug-likeness (QED) is 0.647. The number of nitrogens with two attached hydrogens (primary N) is 1. The zero-order chi connectivity index (χ0) is 15.6. The van der Waals surface area contributed by atoms with Gasteiger partial charge in [-0.2, -0.15) is 4.98 Å². The highest BCUT2D eigenvalue weighted by atomic mass is 35.5. The van der Waals surface area contributed by atoms with E-state index in [0.29, 0.717) is 38.9 Å². The van der Waals surface area contributed by atoms with Gasteiger partial charge in [-0.25, -0.2) is 10.8 Å². The lowest BCUT2D eigenvalue weighted by Gasteiger charge is -2.14. The van der Waals surface area contributed by atoms with E-state index in [1.165, 1.54) is 0 Å². The second-order valence-corrected chi connectivity index (χ2v) is 5.68. The monoisotopic (exact) mass is 326 g/mol. The molecule has 1 aromatic heterocycles. The van der Waals surface area contributed by atoms with Crippen LogP contribution in [0.2, 0.25) is 10.0 Å². The molecule has 3 N–H and O–H groups in total. The molecule has 2 aromatic rings. The molecule has 0 spiro atoms. The first-order valence-corrected chi connectivity index (χ1v) is 7.16. The molecule has 0 aliphatic carbocycles. The van der Waals surface area contributed by atoms with Crippen LogP contribution in [0.3, 0.4) is 0 Å². The zero-order valence-corrected chi connectivity index (χ0v) is 13.5. The minimum atomic E-state index is 0.134. The third-order valence-corrected chi connectivity index (χ3v) is 3.42. The number of ether oxygens (including phenoxy) is 1. The van der Waals surface area contributed by atoms with Crippen LogP contribution in [0.4, 0.5) is 5.82 Å². The van der Waals surface area contributed by atoms with Gasteiger partial charge in [0.2, 0.25) is 5.88 Å². The summed E-state index contributed by atoms with van der Waals surface area (Å²) in [7, 11) is 0. The first-order valence-electron chi connectivity index (χ1n) is 6.40. The van der Waals surface area contributed by atoms with Crippen molar-refractivity contribution in [1.29, 1.82) is 0 Å². The molecular formula is C14H16Cl2N4O. The summed E-state index contributed by atoms with van der Waals surface area (Å²) in [4.78, 5) is 8.76. The van der Waals surface area contributed by atoms with Crippen molar-refractivity contribution in [3.63, 3.8) is 0 Å². The van der Waals surface area contributed by atoms with Gasteiger partial charge in [-0.15, -0.1) is 0 Å². The van der Waals surface area contributed by atoms with Crippen molar-refractivity contribution in [1.82, 2.24) is 9.97 Å². The second kappa shape index (κ2) is 6.47. The first kappa shape index (κ1) is 15.8. The highest BCUT2D eigenvalue weighted by Crippen LogP contribution is 2.34. The highest BCUT2D eigenvalue weighted by Gasteiger charge is 2.15. The van der Waals surface area contributed by atoms with Crippen molar-refractivity contribution in [2.24, 2.45) is 5.84 Å². The summed E-state index contributed by atoms with van der Waals surface area (Å²) < 4.78 is 5.79. The van der Waals surface area contributed by atoms with Crippen LogP contribution in [-0.4, -0.2) is 9.97 Å². The zero-order valence-electron chi connectivity index (χ0n) is 11.9. The first-order chi connectivity index (χ1) is 9.92. The van der Waals surface area contributed by atoms with E-state index < -0.39 is 0 Å². The van der Waals surface area contributed by atoms with E-state index in [1.807, 2.05) is 20.8 Å². The van der Waals surface area contributed by atoms with E-state index in [0.717, 1.165) is 0 Å². The molecule has 0 aliphatic rings. The molecule has 0 atom stereocenters. The summed E-state index contributed by atoms with van der Waals surface area (Å²) in [5, 5.41) is 0.980. The predicted molar refractivity (Wildman–Crippen MR) is 85.2 cm³/mol. The summed E-state index contributed by atoms with van der Waals surface area (Å²) in [6.45, 7) is 5.79. The maximum absolute atomic E-state index is 6.11. The number of anilines is 1. The van der Waals surface area contributed by atoms with Gasteiger partial charge in [0.1, 0.15) is 11.6 Å². The Morgan fingerprint density at radius 1 is 1.24 bits per heavy atom. The smallest absolute Gasteiger partial charge is 0.227 e. The van der Waals surface area contributed by atoms with Crippen molar-refractivity contribution in [3.05, 3.63) is 39.6 Å². The third-order valence-electron chi connectivity index (χ3n) is 2.87. The maximum Gasteiger partial charge on any atom is 0.227 e. The van der Waals surface area contributed by atoms with Gasteiger partial charge in [-0.1, -0.05) is 37.0 Å². The molecule has 0 aliphatic heterocycles. The van der Waals surface area contributed by atoms with E-state index in [2.05, 4.69) is 15.4 Å². The molecule has 0 amide bonds. The van der Waals surface area contributed by atoms with E-state index in [1.54, 1.807) is 18.2 Å². The van der Waals surface area contributed by atoms with Gasteiger partial charge in [0, 0.05) is 17.0 Å². The molecule has 21 heavy (non-hydrogen) atoms. The lowest BCUT2D eigenvalue weighted by atomic mass is 10.2. The molecule has 0 radical (unpaired) electrons. The minimum Gasteiger partial charge on any atom is -0.437 e. The summed E-state index contributed by atoms with van der Waals surface area (Å²) in [5.74, 6) is 7.60. The lowest BCUT2D eigenvalue weighted by Crippen LogP contribution is -2.13. The van der Waals surface area contributed by atoms with Gasteiger partial charge < -0.3 is 10.2 Å². The molecule has 0 saturated heterocycles. The topological polar surface area (TPSA) is 73.1 Å². The summed E-state index contributed by atoms with van der Waals surface area (Å²) in [6.07, 6.45) is 0. The molecule has 5 nitrogen and oxygen atoms in total. The average molecular weight is 327 g/mol. The van der Waals surface area contributed by atoms with Crippen LogP contribution in [0.25, 0.3) is 0 Å². The molecular weight excluding hydrogens is 311 g/mol. The van der Waals surface area contributed by atoms with Crippen molar-refractivity contribution in [2.75, 3.05) is 5.43 Å². The van der Waals surface area contributed by atoms with Crippen LogP contribution in [0.15, 0.2) is 18.2 Å². The molecule has 0 unspecified atom stereocenters. The second-order valence-electron chi connectivity index (χ2n) is 4.84. The third kappa shape index (κ3) is 3.56. The lowest BCUT2D eigenvalue weighted by molar-refractivity contribution is 0.453. The number of hydrogen-bond donors (Lipinski definition) is 2. The fourth-order valence-electron chi connectivity index (χ4n) is 1.67. The maximum atomic E-state index is 6.11. The molecule has 0 saturated carbocycles. The SMILES string of the molecule is Cc1c(NN)nc(C(C)C)nc1Oc1cc(Cl)ccc1Cl. The summed E-state index contributed by atoms with van der Waals surface area (Å²) in [5.41, 5.74) is 3.25. The number of benzene rings is 1. The van der Waals surface area contributed by atoms with Crippen LogP contribution in [0.1, 0.15) is 31.2 Å². The van der Waals surface area contributed by atoms with E-state index in [9.17, 15) is 0 Å². The number of nitrogens with zero attached hydrogens (tertiary/aromatic N) is 2. The number of halogens is 2. The molecule has 112 valence electrons. The fourth-order valence-corrected chi connectivity index (χ4v) is 1.99. The number of nitrogens with one attached hydrogen (secondary N) is 1. The summed E-state index contributed by atoms with van der Waals surface area (Å²) >= 11 is 12.1. The van der Waals surface area contributed by atoms with Gasteiger partial charge >= 0.3 is 0 Å². The Morgan fingerprint density at radius 3 is 2.57 bits per heavy atom. The molecule has 7 heteroatoms. The average Bonchev–Trinajstić information content (AvgIpc) is 2.44. The van der Waals surface area contributed by atoms with Crippen LogP contribution in [0, 0.1) is 6.92 Å². The van der Waals surface area contributed by atoms with Gasteiger partial charge in [-0.3, -0.25) is 0 Å². The normalized spacial score (nSPS) is 10.8. The fraction of sp³-hybridized carbons (Fsp3) is 0.286. The summed E-state index contributed by atoms with van der Waals surface area (Å²) in [6, 6.07) is 4.99. The van der Waals surface area contributed by atoms with Gasteiger partial charge in [0.15, 0.2) is 5.82 Å². The number of aromatic nitrogens is 2. The highest BCUT2D eigenvalue weighted by molar-refractivity contribution is 6.34. The molecule has 1 aromatic carbocycles. The van der Waals surface area contributed by atoms with E-state index in [4.69, 9.17) is 33.8 Å². The largest absolute Gasteiger partial charge is 0.437 e. The van der Waals surface area contributed by atoms with Crippen molar-refractivity contribution in [3.8, 4) is 11.6 Å². The number of hydrogen-bond acceptors (Lipinski definition) is 5. The molecule has 0 bridgehead atoms. The van der Waals surface area contributed by atoms with E-state index in [-0.39, 0.29) is 5.92 Å². The molecule has 0 fully saturated rings. The minimum absolute atomic E-state index is 0.134. The van der Waals surface area contributed by atoms with Gasteiger partial charge in [-0.05, 0) is 19.1 Å². The van der Waals surface area contributed by atoms with Crippen LogP contribution in [0.5, 0.6) is 11.6 Å². The number of nitrogen functional groups attached to an aromatic ring is 1. The van der Waals surface area contributed by atoms with Crippen molar-refractivity contribution < 1.29 is 4.74 Å². The molecule has 1 heterocycles. The number of rotatable bonds is 4. The van der Waals surface area contributed by atoms with Crippen molar-refractivity contribution in [2.45, 2.75) is 26.7 Å². The Balaban J connectivity index is 2.47. The van der Waals surface area contributed by atoms with E-state index >= 15 is 0 Å².